The minimum absolute atomic E-state index is 0.0346. The number of oxazole rings is 1. The molecule has 0 unspecified atom stereocenters. The van der Waals surface area contributed by atoms with Gasteiger partial charge in [-0.05, 0) is 49.6 Å². The summed E-state index contributed by atoms with van der Waals surface area (Å²) in [5, 5.41) is 11.1. The van der Waals surface area contributed by atoms with E-state index in [1.54, 1.807) is 0 Å². The van der Waals surface area contributed by atoms with Gasteiger partial charge in [-0.2, -0.15) is 0 Å². The molecule has 4 rings (SSSR count). The minimum atomic E-state index is -0.130. The predicted octanol–water partition coefficient (Wildman–Crippen LogP) is 4.79. The maximum absolute atomic E-state index is 11.6. The highest BCUT2D eigenvalue weighted by atomic mass is 32.1. The standard InChI is InChI=1S/C23H22N2O4S/c1-16-20(24-22(29-16)18-7-3-2-4-8-18)14-28-19-11-9-17(10-12-19)6-5-13-25-21(26)15-30-23(25)27/h2-4,7-12,15,26H,5-6,13-14H2,1H3. The van der Waals surface area contributed by atoms with Gasteiger partial charge >= 0.3 is 4.87 Å². The lowest BCUT2D eigenvalue weighted by molar-refractivity contribution is 0.299. The van der Waals surface area contributed by atoms with Gasteiger partial charge in [-0.15, -0.1) is 0 Å². The Balaban J connectivity index is 1.31. The molecule has 0 bridgehead atoms. The number of hydrogen-bond donors (Lipinski definition) is 1. The molecule has 0 radical (unpaired) electrons. The summed E-state index contributed by atoms with van der Waals surface area (Å²) in [6.07, 6.45) is 1.58. The van der Waals surface area contributed by atoms with Crippen molar-refractivity contribution in [2.75, 3.05) is 0 Å². The molecule has 0 atom stereocenters. The molecule has 0 spiro atoms. The van der Waals surface area contributed by atoms with Gasteiger partial charge in [0.2, 0.25) is 11.8 Å². The van der Waals surface area contributed by atoms with Crippen LogP contribution in [0.1, 0.15) is 23.4 Å². The van der Waals surface area contributed by atoms with Crippen molar-refractivity contribution in [3.8, 4) is 23.1 Å². The lowest BCUT2D eigenvalue weighted by Gasteiger charge is -2.07. The molecule has 6 nitrogen and oxygen atoms in total. The third-order valence-corrected chi connectivity index (χ3v) is 5.57. The molecule has 0 amide bonds. The van der Waals surface area contributed by atoms with Gasteiger partial charge in [0, 0.05) is 12.1 Å². The van der Waals surface area contributed by atoms with Crippen LogP contribution >= 0.6 is 11.3 Å². The second-order valence-electron chi connectivity index (χ2n) is 6.94. The highest BCUT2D eigenvalue weighted by Crippen LogP contribution is 2.23. The van der Waals surface area contributed by atoms with Gasteiger partial charge < -0.3 is 14.3 Å². The van der Waals surface area contributed by atoms with Crippen LogP contribution in [0, 0.1) is 6.92 Å². The first kappa shape index (κ1) is 20.0. The molecule has 0 aliphatic carbocycles. The Morgan fingerprint density at radius 1 is 1.13 bits per heavy atom. The summed E-state index contributed by atoms with van der Waals surface area (Å²) in [7, 11) is 0. The van der Waals surface area contributed by atoms with Crippen LogP contribution in [0.2, 0.25) is 0 Å². The molecule has 0 aliphatic rings. The number of nitrogens with zero attached hydrogens (tertiary/aromatic N) is 2. The van der Waals surface area contributed by atoms with Crippen LogP contribution in [0.5, 0.6) is 11.6 Å². The van der Waals surface area contributed by atoms with Crippen molar-refractivity contribution < 1.29 is 14.3 Å². The molecule has 2 aromatic heterocycles. The fraction of sp³-hybridized carbons (Fsp3) is 0.217. The number of aromatic hydroxyl groups is 1. The minimum Gasteiger partial charge on any atom is -0.494 e. The van der Waals surface area contributed by atoms with E-state index in [2.05, 4.69) is 4.98 Å². The Morgan fingerprint density at radius 2 is 1.90 bits per heavy atom. The van der Waals surface area contributed by atoms with Gasteiger partial charge in [-0.1, -0.05) is 41.7 Å². The zero-order chi connectivity index (χ0) is 20.9. The van der Waals surface area contributed by atoms with Gasteiger partial charge in [0.25, 0.3) is 0 Å². The molecule has 154 valence electrons. The number of hydrogen-bond acceptors (Lipinski definition) is 6. The second-order valence-corrected chi connectivity index (χ2v) is 7.76. The monoisotopic (exact) mass is 422 g/mol. The summed E-state index contributed by atoms with van der Waals surface area (Å²) in [5.74, 6) is 2.14. The van der Waals surface area contributed by atoms with Crippen LogP contribution in [-0.2, 0) is 19.6 Å². The molecule has 0 saturated heterocycles. The third kappa shape index (κ3) is 4.63. The topological polar surface area (TPSA) is 77.5 Å². The number of aryl methyl sites for hydroxylation is 2. The van der Waals surface area contributed by atoms with Crippen molar-refractivity contribution in [3.05, 3.63) is 86.7 Å². The molecule has 4 aromatic rings. The second kappa shape index (κ2) is 9.00. The Kier molecular flexibility index (Phi) is 5.99. The van der Waals surface area contributed by atoms with E-state index < -0.39 is 0 Å². The summed E-state index contributed by atoms with van der Waals surface area (Å²) >= 11 is 1.01. The molecule has 2 heterocycles. The van der Waals surface area contributed by atoms with Crippen molar-refractivity contribution in [2.24, 2.45) is 0 Å². The smallest absolute Gasteiger partial charge is 0.309 e. The first-order valence-electron chi connectivity index (χ1n) is 9.71. The van der Waals surface area contributed by atoms with Crippen LogP contribution in [-0.4, -0.2) is 14.7 Å². The Bertz CT molecular complexity index is 1160. The Labute approximate surface area is 178 Å². The molecule has 0 saturated carbocycles. The highest BCUT2D eigenvalue weighted by Gasteiger charge is 2.12. The van der Waals surface area contributed by atoms with E-state index in [9.17, 15) is 9.90 Å². The quantitative estimate of drug-likeness (QED) is 0.442. The van der Waals surface area contributed by atoms with Crippen LogP contribution in [0.25, 0.3) is 11.5 Å². The third-order valence-electron chi connectivity index (χ3n) is 4.82. The number of rotatable bonds is 8. The first-order chi connectivity index (χ1) is 14.6. The van der Waals surface area contributed by atoms with Crippen molar-refractivity contribution >= 4 is 11.3 Å². The molecular weight excluding hydrogens is 400 g/mol. The number of aromatic nitrogens is 2. The number of benzene rings is 2. The van der Waals surface area contributed by atoms with Crippen molar-refractivity contribution in [1.82, 2.24) is 9.55 Å². The molecular formula is C23H22N2O4S. The normalized spacial score (nSPS) is 11.0. The molecule has 0 fully saturated rings. The first-order valence-corrected chi connectivity index (χ1v) is 10.6. The van der Waals surface area contributed by atoms with Crippen LogP contribution < -0.4 is 9.61 Å². The molecule has 30 heavy (non-hydrogen) atoms. The van der Waals surface area contributed by atoms with E-state index in [0.717, 1.165) is 52.5 Å². The zero-order valence-corrected chi connectivity index (χ0v) is 17.4. The van der Waals surface area contributed by atoms with E-state index in [0.29, 0.717) is 19.0 Å². The molecule has 0 aliphatic heterocycles. The summed E-state index contributed by atoms with van der Waals surface area (Å²) in [6, 6.07) is 17.7. The molecule has 7 heteroatoms. The highest BCUT2D eigenvalue weighted by molar-refractivity contribution is 7.07. The van der Waals surface area contributed by atoms with Gasteiger partial charge in [0.15, 0.2) is 0 Å². The average Bonchev–Trinajstić information content (AvgIpc) is 3.30. The number of thiazole rings is 1. The van der Waals surface area contributed by atoms with Crippen molar-refractivity contribution in [1.29, 1.82) is 0 Å². The van der Waals surface area contributed by atoms with Gasteiger partial charge in [0.1, 0.15) is 23.8 Å². The summed E-state index contributed by atoms with van der Waals surface area (Å²) in [5.41, 5.74) is 2.86. The van der Waals surface area contributed by atoms with Crippen molar-refractivity contribution in [2.45, 2.75) is 32.9 Å². The summed E-state index contributed by atoms with van der Waals surface area (Å²) in [6.45, 7) is 2.72. The van der Waals surface area contributed by atoms with Gasteiger partial charge in [-0.25, -0.2) is 4.98 Å². The summed E-state index contributed by atoms with van der Waals surface area (Å²) in [4.78, 5) is 16.0. The SMILES string of the molecule is Cc1oc(-c2ccccc2)nc1COc1ccc(CCCn2c(O)csc2=O)cc1. The van der Waals surface area contributed by atoms with Crippen molar-refractivity contribution in [3.63, 3.8) is 0 Å². The van der Waals surface area contributed by atoms with E-state index in [4.69, 9.17) is 9.15 Å². The fourth-order valence-corrected chi connectivity index (χ4v) is 3.79. The van der Waals surface area contributed by atoms with Gasteiger partial charge in [0.05, 0.1) is 5.38 Å². The lowest BCUT2D eigenvalue weighted by Crippen LogP contribution is -2.12. The van der Waals surface area contributed by atoms with Crippen LogP contribution in [0.15, 0.2) is 69.2 Å². The Morgan fingerprint density at radius 3 is 2.60 bits per heavy atom. The average molecular weight is 423 g/mol. The van der Waals surface area contributed by atoms with Gasteiger partial charge in [-0.3, -0.25) is 9.36 Å². The number of ether oxygens (including phenoxy) is 1. The maximum atomic E-state index is 11.6. The van der Waals surface area contributed by atoms with Crippen LogP contribution in [0.3, 0.4) is 0 Å². The predicted molar refractivity (Wildman–Crippen MR) is 116 cm³/mol. The summed E-state index contributed by atoms with van der Waals surface area (Å²) < 4.78 is 13.0. The van der Waals surface area contributed by atoms with E-state index in [-0.39, 0.29) is 10.8 Å². The largest absolute Gasteiger partial charge is 0.494 e. The van der Waals surface area contributed by atoms with E-state index in [1.165, 1.54) is 9.95 Å². The van der Waals surface area contributed by atoms with Crippen LogP contribution in [0.4, 0.5) is 0 Å². The molecule has 1 N–H and O–H groups in total. The Hall–Kier alpha value is -3.32. The van der Waals surface area contributed by atoms with E-state index in [1.807, 2.05) is 61.5 Å². The fourth-order valence-electron chi connectivity index (χ4n) is 3.14. The zero-order valence-electron chi connectivity index (χ0n) is 16.6. The van der Waals surface area contributed by atoms with E-state index >= 15 is 0 Å². The maximum Gasteiger partial charge on any atom is 0.309 e. The lowest BCUT2D eigenvalue weighted by atomic mass is 10.1. The molecule has 2 aromatic carbocycles.